The van der Waals surface area contributed by atoms with Crippen molar-refractivity contribution in [2.24, 2.45) is 0 Å². The molecule has 0 radical (unpaired) electrons. The Bertz CT molecular complexity index is 826. The number of nitro benzene ring substituents is 1. The monoisotopic (exact) mass is 398 g/mol. The van der Waals surface area contributed by atoms with Crippen LogP contribution >= 0.6 is 12.2 Å². The van der Waals surface area contributed by atoms with E-state index in [1.807, 2.05) is 31.2 Å². The van der Waals surface area contributed by atoms with Crippen LogP contribution in [0.2, 0.25) is 0 Å². The molecule has 2 aromatic rings. The van der Waals surface area contributed by atoms with Crippen molar-refractivity contribution in [3.63, 3.8) is 0 Å². The van der Waals surface area contributed by atoms with Gasteiger partial charge in [0.25, 0.3) is 5.69 Å². The number of nitrogens with zero attached hydrogens (tertiary/aromatic N) is 1. The van der Waals surface area contributed by atoms with Gasteiger partial charge in [0, 0.05) is 24.8 Å². The number of hydrogen-bond donors (Lipinski definition) is 3. The predicted octanol–water partition coefficient (Wildman–Crippen LogP) is 4.32. The quantitative estimate of drug-likeness (QED) is 0.291. The molecule has 2 rings (SSSR count). The fraction of sp³-hybridized carbons (Fsp3) is 0.235. The number of nitro groups is 1. The van der Waals surface area contributed by atoms with E-state index in [4.69, 9.17) is 12.2 Å². The van der Waals surface area contributed by atoms with Crippen molar-refractivity contribution >= 4 is 34.4 Å². The summed E-state index contributed by atoms with van der Waals surface area (Å²) in [4.78, 5) is 10.2. The van der Waals surface area contributed by atoms with Crippen LogP contribution in [0.3, 0.4) is 0 Å². The molecular formula is C17H17F3N4O2S. The number of alkyl halides is 3. The lowest BCUT2D eigenvalue weighted by molar-refractivity contribution is -0.384. The molecule has 0 bridgehead atoms. The molecular weight excluding hydrogens is 381 g/mol. The first kappa shape index (κ1) is 20.4. The number of benzene rings is 2. The molecule has 0 saturated carbocycles. The minimum atomic E-state index is -4.64. The highest BCUT2D eigenvalue weighted by Gasteiger charge is 2.32. The Hall–Kier alpha value is -2.88. The van der Waals surface area contributed by atoms with Gasteiger partial charge in [-0.05, 0) is 43.4 Å². The third-order valence-corrected chi connectivity index (χ3v) is 3.80. The standard InChI is InChI=1S/C17H17F3N4O2S/c1-11-2-5-13(6-3-11)23-16(27)22-9-8-21-14-7-4-12(17(18,19)20)10-15(14)24(25)26/h2-7,10,21H,8-9H2,1H3,(H2,22,23,27). The Morgan fingerprint density at radius 1 is 1.15 bits per heavy atom. The summed E-state index contributed by atoms with van der Waals surface area (Å²) in [6.45, 7) is 2.50. The molecule has 0 unspecified atom stereocenters. The van der Waals surface area contributed by atoms with E-state index in [-0.39, 0.29) is 12.2 Å². The first-order chi connectivity index (χ1) is 12.7. The van der Waals surface area contributed by atoms with Crippen molar-refractivity contribution in [1.29, 1.82) is 0 Å². The number of anilines is 2. The van der Waals surface area contributed by atoms with Gasteiger partial charge in [-0.2, -0.15) is 13.2 Å². The average molecular weight is 398 g/mol. The normalized spacial score (nSPS) is 11.0. The Balaban J connectivity index is 1.88. The van der Waals surface area contributed by atoms with Gasteiger partial charge in [0.2, 0.25) is 0 Å². The summed E-state index contributed by atoms with van der Waals surface area (Å²) in [5.41, 5.74) is 0.227. The number of thiocarbonyl (C=S) groups is 1. The van der Waals surface area contributed by atoms with E-state index in [9.17, 15) is 23.3 Å². The molecule has 0 atom stereocenters. The maximum Gasteiger partial charge on any atom is 0.416 e. The number of aryl methyl sites for hydroxylation is 1. The van der Waals surface area contributed by atoms with Crippen LogP contribution in [0.15, 0.2) is 42.5 Å². The highest BCUT2D eigenvalue weighted by Crippen LogP contribution is 2.34. The van der Waals surface area contributed by atoms with E-state index in [0.29, 0.717) is 17.7 Å². The third-order valence-electron chi connectivity index (χ3n) is 3.56. The molecule has 2 aromatic carbocycles. The van der Waals surface area contributed by atoms with Crippen LogP contribution in [0.4, 0.5) is 30.2 Å². The van der Waals surface area contributed by atoms with E-state index >= 15 is 0 Å². The maximum absolute atomic E-state index is 12.7. The molecule has 0 aliphatic heterocycles. The summed E-state index contributed by atoms with van der Waals surface area (Å²) < 4.78 is 38.1. The molecule has 0 amide bonds. The Labute approximate surface area is 158 Å². The van der Waals surface area contributed by atoms with Crippen LogP contribution < -0.4 is 16.0 Å². The molecule has 0 heterocycles. The smallest absolute Gasteiger partial charge is 0.378 e. The zero-order chi connectivity index (χ0) is 20.0. The SMILES string of the molecule is Cc1ccc(NC(=S)NCCNc2ccc(C(F)(F)F)cc2[N+](=O)[O-])cc1. The summed E-state index contributed by atoms with van der Waals surface area (Å²) in [5, 5.41) is 20.0. The zero-order valence-corrected chi connectivity index (χ0v) is 15.1. The van der Waals surface area contributed by atoms with Crippen LogP contribution in [-0.2, 0) is 6.18 Å². The van der Waals surface area contributed by atoms with Crippen molar-refractivity contribution in [2.45, 2.75) is 13.1 Å². The van der Waals surface area contributed by atoms with Gasteiger partial charge in [-0.3, -0.25) is 10.1 Å². The van der Waals surface area contributed by atoms with Gasteiger partial charge in [-0.25, -0.2) is 0 Å². The average Bonchev–Trinajstić information content (AvgIpc) is 2.59. The second-order valence-corrected chi connectivity index (χ2v) is 6.07. The Kier molecular flexibility index (Phi) is 6.56. The number of halogens is 3. The molecule has 0 fully saturated rings. The van der Waals surface area contributed by atoms with Gasteiger partial charge in [0.1, 0.15) is 5.69 Å². The molecule has 0 saturated heterocycles. The molecule has 144 valence electrons. The summed E-state index contributed by atoms with van der Waals surface area (Å²) >= 11 is 5.14. The van der Waals surface area contributed by atoms with Gasteiger partial charge in [-0.15, -0.1) is 0 Å². The molecule has 0 aromatic heterocycles. The van der Waals surface area contributed by atoms with Gasteiger partial charge < -0.3 is 16.0 Å². The summed E-state index contributed by atoms with van der Waals surface area (Å²) in [7, 11) is 0. The lowest BCUT2D eigenvalue weighted by Crippen LogP contribution is -2.32. The first-order valence-corrected chi connectivity index (χ1v) is 8.28. The van der Waals surface area contributed by atoms with Crippen molar-refractivity contribution in [3.8, 4) is 0 Å². The minimum Gasteiger partial charge on any atom is -0.378 e. The molecule has 10 heteroatoms. The van der Waals surface area contributed by atoms with E-state index < -0.39 is 22.4 Å². The highest BCUT2D eigenvalue weighted by atomic mass is 32.1. The van der Waals surface area contributed by atoms with E-state index in [1.165, 1.54) is 0 Å². The lowest BCUT2D eigenvalue weighted by atomic mass is 10.1. The zero-order valence-electron chi connectivity index (χ0n) is 14.3. The van der Waals surface area contributed by atoms with Gasteiger partial charge in [-0.1, -0.05) is 17.7 Å². The number of rotatable bonds is 6. The molecule has 0 aliphatic rings. The molecule has 0 aliphatic carbocycles. The summed E-state index contributed by atoms with van der Waals surface area (Å²) in [6, 6.07) is 9.95. The van der Waals surface area contributed by atoms with Crippen molar-refractivity contribution in [1.82, 2.24) is 5.32 Å². The van der Waals surface area contributed by atoms with Crippen LogP contribution in [-0.4, -0.2) is 23.1 Å². The van der Waals surface area contributed by atoms with Gasteiger partial charge in [0.15, 0.2) is 5.11 Å². The molecule has 27 heavy (non-hydrogen) atoms. The van der Waals surface area contributed by atoms with Crippen molar-refractivity contribution < 1.29 is 18.1 Å². The summed E-state index contributed by atoms with van der Waals surface area (Å²) in [6.07, 6.45) is -4.64. The maximum atomic E-state index is 12.7. The second kappa shape index (κ2) is 8.67. The highest BCUT2D eigenvalue weighted by molar-refractivity contribution is 7.80. The third kappa shape index (κ3) is 6.10. The fourth-order valence-electron chi connectivity index (χ4n) is 2.19. The Morgan fingerprint density at radius 2 is 1.81 bits per heavy atom. The second-order valence-electron chi connectivity index (χ2n) is 5.66. The van der Waals surface area contributed by atoms with E-state index in [1.54, 1.807) is 0 Å². The Morgan fingerprint density at radius 3 is 2.41 bits per heavy atom. The largest absolute Gasteiger partial charge is 0.416 e. The van der Waals surface area contributed by atoms with Gasteiger partial charge >= 0.3 is 6.18 Å². The van der Waals surface area contributed by atoms with Crippen LogP contribution in [0.25, 0.3) is 0 Å². The molecule has 0 spiro atoms. The molecule has 3 N–H and O–H groups in total. The fourth-order valence-corrected chi connectivity index (χ4v) is 2.41. The minimum absolute atomic E-state index is 0.00668. The summed E-state index contributed by atoms with van der Waals surface area (Å²) in [5.74, 6) is 0. The van der Waals surface area contributed by atoms with Crippen LogP contribution in [0.1, 0.15) is 11.1 Å². The lowest BCUT2D eigenvalue weighted by Gasteiger charge is -2.13. The van der Waals surface area contributed by atoms with Gasteiger partial charge in [0.05, 0.1) is 10.5 Å². The van der Waals surface area contributed by atoms with Crippen LogP contribution in [0.5, 0.6) is 0 Å². The molecule has 6 nitrogen and oxygen atoms in total. The first-order valence-electron chi connectivity index (χ1n) is 7.88. The number of nitrogens with one attached hydrogen (secondary N) is 3. The topological polar surface area (TPSA) is 79.2 Å². The predicted molar refractivity (Wildman–Crippen MR) is 102 cm³/mol. The van der Waals surface area contributed by atoms with E-state index in [2.05, 4.69) is 16.0 Å². The number of hydrogen-bond acceptors (Lipinski definition) is 4. The van der Waals surface area contributed by atoms with Crippen molar-refractivity contribution in [3.05, 3.63) is 63.7 Å². The van der Waals surface area contributed by atoms with E-state index in [0.717, 1.165) is 23.4 Å². The van der Waals surface area contributed by atoms with Crippen LogP contribution in [0, 0.1) is 17.0 Å². The van der Waals surface area contributed by atoms with Crippen molar-refractivity contribution in [2.75, 3.05) is 23.7 Å².